The number of benzene rings is 2. The van der Waals surface area contributed by atoms with Gasteiger partial charge in [0.2, 0.25) is 5.91 Å². The molecule has 7 nitrogen and oxygen atoms in total. The summed E-state index contributed by atoms with van der Waals surface area (Å²) in [5.41, 5.74) is 1.91. The van der Waals surface area contributed by atoms with E-state index in [9.17, 15) is 19.7 Å². The SMILES string of the molecule is C[C@@H](C(=O)Nc1ccc([N+](=O)[O-])cc1)N1Cc2ccccc2C1=O. The van der Waals surface area contributed by atoms with Crippen LogP contribution in [0, 0.1) is 10.1 Å². The van der Waals surface area contributed by atoms with Crippen LogP contribution in [0.25, 0.3) is 0 Å². The van der Waals surface area contributed by atoms with Gasteiger partial charge in [-0.2, -0.15) is 0 Å². The lowest BCUT2D eigenvalue weighted by atomic mass is 10.1. The molecule has 0 saturated carbocycles. The number of rotatable bonds is 4. The maximum absolute atomic E-state index is 12.4. The van der Waals surface area contributed by atoms with E-state index in [1.54, 1.807) is 19.1 Å². The Bertz CT molecular complexity index is 817. The first-order valence-corrected chi connectivity index (χ1v) is 7.41. The first-order chi connectivity index (χ1) is 11.5. The molecular formula is C17H15N3O4. The smallest absolute Gasteiger partial charge is 0.269 e. The summed E-state index contributed by atoms with van der Waals surface area (Å²) in [6.07, 6.45) is 0. The van der Waals surface area contributed by atoms with Gasteiger partial charge in [0.1, 0.15) is 6.04 Å². The maximum Gasteiger partial charge on any atom is 0.269 e. The van der Waals surface area contributed by atoms with Crippen molar-refractivity contribution in [3.63, 3.8) is 0 Å². The van der Waals surface area contributed by atoms with E-state index in [1.165, 1.54) is 29.2 Å². The zero-order valence-electron chi connectivity index (χ0n) is 12.9. The molecule has 3 rings (SSSR count). The minimum absolute atomic E-state index is 0.0498. The Morgan fingerprint density at radius 1 is 1.21 bits per heavy atom. The topological polar surface area (TPSA) is 92.5 Å². The molecule has 0 bridgehead atoms. The van der Waals surface area contributed by atoms with Gasteiger partial charge in [0.25, 0.3) is 11.6 Å². The second-order valence-electron chi connectivity index (χ2n) is 5.56. The molecule has 0 spiro atoms. The average Bonchev–Trinajstić information content (AvgIpc) is 2.92. The van der Waals surface area contributed by atoms with Crippen LogP contribution in [0.2, 0.25) is 0 Å². The van der Waals surface area contributed by atoms with Gasteiger partial charge in [-0.15, -0.1) is 0 Å². The zero-order valence-corrected chi connectivity index (χ0v) is 12.9. The number of nitro benzene ring substituents is 1. The standard InChI is InChI=1S/C17H15N3O4/c1-11(19-10-12-4-2-3-5-15(12)17(19)22)16(21)18-13-6-8-14(9-7-13)20(23)24/h2-9,11H,10H2,1H3,(H,18,21)/t11-/m0/s1. The van der Waals surface area contributed by atoms with Crippen molar-refractivity contribution in [2.45, 2.75) is 19.5 Å². The van der Waals surface area contributed by atoms with Crippen molar-refractivity contribution in [3.8, 4) is 0 Å². The van der Waals surface area contributed by atoms with Gasteiger partial charge in [-0.25, -0.2) is 0 Å². The van der Waals surface area contributed by atoms with Gasteiger partial charge >= 0.3 is 0 Å². The van der Waals surface area contributed by atoms with Crippen LogP contribution in [0.15, 0.2) is 48.5 Å². The van der Waals surface area contributed by atoms with Gasteiger partial charge in [-0.3, -0.25) is 19.7 Å². The van der Waals surface area contributed by atoms with Crippen LogP contribution in [0.5, 0.6) is 0 Å². The number of carbonyl (C=O) groups is 2. The van der Waals surface area contributed by atoms with E-state index in [2.05, 4.69) is 5.32 Å². The van der Waals surface area contributed by atoms with E-state index >= 15 is 0 Å². The molecule has 1 heterocycles. The lowest BCUT2D eigenvalue weighted by Crippen LogP contribution is -2.42. The van der Waals surface area contributed by atoms with Crippen molar-refractivity contribution in [3.05, 3.63) is 69.8 Å². The van der Waals surface area contributed by atoms with Gasteiger partial charge < -0.3 is 10.2 Å². The molecule has 1 aliphatic rings. The quantitative estimate of drug-likeness (QED) is 0.690. The Balaban J connectivity index is 1.70. The molecule has 0 aliphatic carbocycles. The van der Waals surface area contributed by atoms with E-state index in [4.69, 9.17) is 0 Å². The summed E-state index contributed by atoms with van der Waals surface area (Å²) in [5.74, 6) is -0.512. The summed E-state index contributed by atoms with van der Waals surface area (Å²) in [4.78, 5) is 36.4. The average molecular weight is 325 g/mol. The fraction of sp³-hybridized carbons (Fsp3) is 0.176. The fourth-order valence-electron chi connectivity index (χ4n) is 2.64. The monoisotopic (exact) mass is 325 g/mol. The molecule has 0 aromatic heterocycles. The molecule has 0 unspecified atom stereocenters. The molecule has 1 N–H and O–H groups in total. The van der Waals surface area contributed by atoms with Gasteiger partial charge in [-0.1, -0.05) is 18.2 Å². The zero-order chi connectivity index (χ0) is 17.3. The first-order valence-electron chi connectivity index (χ1n) is 7.41. The molecule has 2 aromatic rings. The summed E-state index contributed by atoms with van der Waals surface area (Å²) in [6.45, 7) is 2.05. The highest BCUT2D eigenvalue weighted by Gasteiger charge is 2.33. The summed E-state index contributed by atoms with van der Waals surface area (Å²) in [7, 11) is 0. The number of anilines is 1. The number of non-ortho nitro benzene ring substituents is 1. The fourth-order valence-corrected chi connectivity index (χ4v) is 2.64. The number of fused-ring (bicyclic) bond motifs is 1. The molecule has 1 aliphatic heterocycles. The molecule has 2 aromatic carbocycles. The molecular weight excluding hydrogens is 310 g/mol. The molecule has 0 radical (unpaired) electrons. The van der Waals surface area contributed by atoms with E-state index in [1.807, 2.05) is 12.1 Å². The van der Waals surface area contributed by atoms with Crippen LogP contribution in [0.3, 0.4) is 0 Å². The highest BCUT2D eigenvalue weighted by molar-refractivity contribution is 6.03. The number of nitrogens with one attached hydrogen (secondary N) is 1. The minimum atomic E-state index is -0.653. The molecule has 0 saturated heterocycles. The van der Waals surface area contributed by atoms with Crippen LogP contribution in [0.1, 0.15) is 22.8 Å². The second kappa shape index (κ2) is 6.11. The van der Waals surface area contributed by atoms with Gasteiger partial charge in [0, 0.05) is 29.9 Å². The first kappa shape index (κ1) is 15.7. The Labute approximate surface area is 138 Å². The van der Waals surface area contributed by atoms with Crippen molar-refractivity contribution < 1.29 is 14.5 Å². The molecule has 1 atom stereocenters. The highest BCUT2D eigenvalue weighted by Crippen LogP contribution is 2.25. The summed E-state index contributed by atoms with van der Waals surface area (Å²) in [6, 6.07) is 12.2. The summed E-state index contributed by atoms with van der Waals surface area (Å²) >= 11 is 0. The van der Waals surface area contributed by atoms with Crippen LogP contribution in [-0.2, 0) is 11.3 Å². The van der Waals surface area contributed by atoms with Crippen molar-refractivity contribution in [1.29, 1.82) is 0 Å². The predicted molar refractivity (Wildman–Crippen MR) is 87.5 cm³/mol. The Hall–Kier alpha value is -3.22. The third-order valence-corrected chi connectivity index (χ3v) is 4.04. The van der Waals surface area contributed by atoms with Crippen molar-refractivity contribution in [2.75, 3.05) is 5.32 Å². The number of hydrogen-bond donors (Lipinski definition) is 1. The van der Waals surface area contributed by atoms with Gasteiger partial charge in [0.15, 0.2) is 0 Å². The normalized spacial score (nSPS) is 14.2. The van der Waals surface area contributed by atoms with Crippen LogP contribution < -0.4 is 5.32 Å². The van der Waals surface area contributed by atoms with Crippen molar-refractivity contribution in [1.82, 2.24) is 4.90 Å². The Morgan fingerprint density at radius 2 is 1.88 bits per heavy atom. The van der Waals surface area contributed by atoms with E-state index in [0.717, 1.165) is 5.56 Å². The van der Waals surface area contributed by atoms with E-state index in [0.29, 0.717) is 17.8 Å². The summed E-state index contributed by atoms with van der Waals surface area (Å²) < 4.78 is 0. The van der Waals surface area contributed by atoms with Crippen LogP contribution in [0.4, 0.5) is 11.4 Å². The van der Waals surface area contributed by atoms with Gasteiger partial charge in [-0.05, 0) is 30.7 Å². The van der Waals surface area contributed by atoms with Crippen molar-refractivity contribution in [2.24, 2.45) is 0 Å². The molecule has 122 valence electrons. The lowest BCUT2D eigenvalue weighted by molar-refractivity contribution is -0.384. The van der Waals surface area contributed by atoms with E-state index in [-0.39, 0.29) is 17.5 Å². The second-order valence-corrected chi connectivity index (χ2v) is 5.56. The predicted octanol–water partition coefficient (Wildman–Crippen LogP) is 2.58. The molecule has 0 fully saturated rings. The third-order valence-electron chi connectivity index (χ3n) is 4.04. The third kappa shape index (κ3) is 2.83. The molecule has 2 amide bonds. The number of carbonyl (C=O) groups excluding carboxylic acids is 2. The highest BCUT2D eigenvalue weighted by atomic mass is 16.6. The maximum atomic E-state index is 12.4. The van der Waals surface area contributed by atoms with Crippen molar-refractivity contribution >= 4 is 23.2 Å². The van der Waals surface area contributed by atoms with E-state index < -0.39 is 11.0 Å². The molecule has 24 heavy (non-hydrogen) atoms. The van der Waals surface area contributed by atoms with Crippen LogP contribution in [-0.4, -0.2) is 27.7 Å². The number of amides is 2. The largest absolute Gasteiger partial charge is 0.324 e. The minimum Gasteiger partial charge on any atom is -0.324 e. The summed E-state index contributed by atoms with van der Waals surface area (Å²) in [5, 5.41) is 13.3. The number of nitrogens with zero attached hydrogens (tertiary/aromatic N) is 2. The lowest BCUT2D eigenvalue weighted by Gasteiger charge is -2.23. The Kier molecular flexibility index (Phi) is 3.99. The Morgan fingerprint density at radius 3 is 2.50 bits per heavy atom. The number of nitro groups is 1. The molecule has 7 heteroatoms. The van der Waals surface area contributed by atoms with Gasteiger partial charge in [0.05, 0.1) is 4.92 Å². The number of hydrogen-bond acceptors (Lipinski definition) is 4. The van der Waals surface area contributed by atoms with Crippen LogP contribution >= 0.6 is 0 Å².